The van der Waals surface area contributed by atoms with Gasteiger partial charge in [-0.2, -0.15) is 52.7 Å². The summed E-state index contributed by atoms with van der Waals surface area (Å²) in [5.41, 5.74) is -6.58. The van der Waals surface area contributed by atoms with Crippen molar-refractivity contribution < 1.29 is 62.9 Å². The predicted octanol–water partition coefficient (Wildman–Crippen LogP) is 7.75. The van der Waals surface area contributed by atoms with Gasteiger partial charge in [-0.25, -0.2) is 0 Å². The molecule has 0 radical (unpaired) electrons. The first-order valence-corrected chi connectivity index (χ1v) is 12.9. The molecule has 0 amide bonds. The van der Waals surface area contributed by atoms with E-state index in [4.69, 9.17) is 11.5 Å². The van der Waals surface area contributed by atoms with Crippen molar-refractivity contribution in [2.75, 3.05) is 11.5 Å². The van der Waals surface area contributed by atoms with Gasteiger partial charge in [0.1, 0.15) is 0 Å². The number of anilines is 2. The summed E-state index contributed by atoms with van der Waals surface area (Å²) in [6, 6.07) is 2.63. The van der Waals surface area contributed by atoms with Crippen molar-refractivity contribution in [2.45, 2.75) is 94.7 Å². The highest BCUT2D eigenvalue weighted by Gasteiger charge is 2.73. The minimum absolute atomic E-state index is 0.161. The Kier molecular flexibility index (Phi) is 10.3. The molecule has 2 rings (SSSR count). The van der Waals surface area contributed by atoms with E-state index in [1.54, 1.807) is 13.8 Å². The van der Waals surface area contributed by atoms with Gasteiger partial charge in [0, 0.05) is 22.5 Å². The Hall–Kier alpha value is -2.88. The van der Waals surface area contributed by atoms with Crippen LogP contribution < -0.4 is 11.5 Å². The van der Waals surface area contributed by atoms with Crippen LogP contribution in [-0.4, -0.2) is 34.9 Å². The SMILES string of the molecule is CCCCc1cc(Cc2cc(CCCC)c(N)c(C(O)(C(F)(F)F)C(F)(F)F)c2)cc(C(O)(C(F)(F)F)C(F)(F)F)c1N. The van der Waals surface area contributed by atoms with E-state index in [2.05, 4.69) is 0 Å². The highest BCUT2D eigenvalue weighted by atomic mass is 19.4. The number of rotatable bonds is 10. The largest absolute Gasteiger partial charge is 0.430 e. The van der Waals surface area contributed by atoms with Crippen molar-refractivity contribution in [3.8, 4) is 0 Å². The number of benzene rings is 2. The molecule has 0 aromatic heterocycles. The van der Waals surface area contributed by atoms with Crippen LogP contribution in [0, 0.1) is 0 Å². The topological polar surface area (TPSA) is 92.5 Å². The molecular weight excluding hydrogens is 612 g/mol. The molecule has 0 unspecified atom stereocenters. The molecule has 0 aliphatic heterocycles. The van der Waals surface area contributed by atoms with Crippen molar-refractivity contribution in [1.82, 2.24) is 0 Å². The highest BCUT2D eigenvalue weighted by Crippen LogP contribution is 2.54. The zero-order valence-corrected chi connectivity index (χ0v) is 22.8. The van der Waals surface area contributed by atoms with Crippen LogP contribution in [0.4, 0.5) is 64.1 Å². The second kappa shape index (κ2) is 12.3. The molecule has 244 valence electrons. The fourth-order valence-corrected chi connectivity index (χ4v) is 4.68. The number of hydrogen-bond donors (Lipinski definition) is 4. The molecule has 0 atom stereocenters. The Labute approximate surface area is 238 Å². The first-order valence-electron chi connectivity index (χ1n) is 12.9. The van der Waals surface area contributed by atoms with E-state index in [9.17, 15) is 62.9 Å². The van der Waals surface area contributed by atoms with E-state index < -0.39 is 76.0 Å². The summed E-state index contributed by atoms with van der Waals surface area (Å²) in [4.78, 5) is 0. The molecule has 2 aromatic rings. The molecule has 0 heterocycles. The van der Waals surface area contributed by atoms with Crippen LogP contribution in [0.3, 0.4) is 0 Å². The van der Waals surface area contributed by atoms with Gasteiger partial charge >= 0.3 is 24.7 Å². The van der Waals surface area contributed by atoms with Crippen molar-refractivity contribution >= 4 is 11.4 Å². The molecular formula is C27H30F12N2O2. The third kappa shape index (κ3) is 6.79. The molecule has 43 heavy (non-hydrogen) atoms. The third-order valence-electron chi connectivity index (χ3n) is 7.08. The van der Waals surface area contributed by atoms with Gasteiger partial charge in [-0.05, 0) is 66.5 Å². The fraction of sp³-hybridized carbons (Fsp3) is 0.556. The van der Waals surface area contributed by atoms with Gasteiger partial charge in [-0.15, -0.1) is 0 Å². The van der Waals surface area contributed by atoms with Crippen molar-refractivity contribution in [2.24, 2.45) is 0 Å². The monoisotopic (exact) mass is 642 g/mol. The third-order valence-corrected chi connectivity index (χ3v) is 7.08. The predicted molar refractivity (Wildman–Crippen MR) is 134 cm³/mol. The summed E-state index contributed by atoms with van der Waals surface area (Å²) >= 11 is 0. The maximum absolute atomic E-state index is 13.8. The van der Waals surface area contributed by atoms with Crippen LogP contribution >= 0.6 is 0 Å². The van der Waals surface area contributed by atoms with Crippen molar-refractivity contribution in [3.05, 3.63) is 57.6 Å². The lowest BCUT2D eigenvalue weighted by atomic mass is 9.83. The van der Waals surface area contributed by atoms with Crippen LogP contribution in [0.25, 0.3) is 0 Å². The van der Waals surface area contributed by atoms with E-state index in [1.165, 1.54) is 0 Å². The standard InChI is InChI=1S/C27H30F12N2O2/c1-3-5-7-16-10-14(12-18(20(16)40)22(42,24(28,29)30)25(31,32)33)9-15-11-17(8-6-4-2)21(41)19(13-15)23(43,26(34,35)36)27(37,38)39/h10-13,42-43H,3-9,40-41H2,1-2H3. The zero-order valence-electron chi connectivity index (χ0n) is 22.8. The Morgan fingerprint density at radius 3 is 1.05 bits per heavy atom. The number of aryl methyl sites for hydroxylation is 2. The van der Waals surface area contributed by atoms with Gasteiger partial charge < -0.3 is 21.7 Å². The Morgan fingerprint density at radius 1 is 0.535 bits per heavy atom. The van der Waals surface area contributed by atoms with Gasteiger partial charge in [-0.3, -0.25) is 0 Å². The van der Waals surface area contributed by atoms with Crippen LogP contribution in [0.2, 0.25) is 0 Å². The Bertz CT molecular complexity index is 1160. The number of nitrogens with two attached hydrogens (primary N) is 2. The van der Waals surface area contributed by atoms with Gasteiger partial charge in [0.2, 0.25) is 0 Å². The number of aliphatic hydroxyl groups is 2. The van der Waals surface area contributed by atoms with Crippen molar-refractivity contribution in [1.29, 1.82) is 0 Å². The summed E-state index contributed by atoms with van der Waals surface area (Å²) in [5.74, 6) is 0. The number of nitrogen functional groups attached to an aromatic ring is 2. The van der Waals surface area contributed by atoms with E-state index in [1.807, 2.05) is 0 Å². The lowest BCUT2D eigenvalue weighted by Gasteiger charge is -2.35. The second-order valence-corrected chi connectivity index (χ2v) is 10.2. The average molecular weight is 643 g/mol. The zero-order chi connectivity index (χ0) is 33.4. The fourth-order valence-electron chi connectivity index (χ4n) is 4.68. The molecule has 2 aromatic carbocycles. The van der Waals surface area contributed by atoms with Crippen LogP contribution in [-0.2, 0) is 30.5 Å². The summed E-state index contributed by atoms with van der Waals surface area (Å²) < 4.78 is 165. The van der Waals surface area contributed by atoms with Crippen LogP contribution in [0.15, 0.2) is 24.3 Å². The molecule has 0 aliphatic rings. The molecule has 4 nitrogen and oxygen atoms in total. The van der Waals surface area contributed by atoms with E-state index in [-0.39, 0.29) is 48.9 Å². The number of halogens is 12. The Morgan fingerprint density at radius 2 is 0.814 bits per heavy atom. The maximum atomic E-state index is 13.8. The normalized spacial score (nSPS) is 14.0. The maximum Gasteiger partial charge on any atom is 0.430 e. The quantitative estimate of drug-likeness (QED) is 0.158. The highest BCUT2D eigenvalue weighted by molar-refractivity contribution is 5.62. The minimum atomic E-state index is -6.32. The molecule has 0 aliphatic carbocycles. The van der Waals surface area contributed by atoms with E-state index >= 15 is 0 Å². The van der Waals surface area contributed by atoms with Gasteiger partial charge in [0.15, 0.2) is 0 Å². The molecule has 0 saturated carbocycles. The number of alkyl halides is 12. The van der Waals surface area contributed by atoms with Gasteiger partial charge in [-0.1, -0.05) is 38.8 Å². The van der Waals surface area contributed by atoms with Gasteiger partial charge in [0.05, 0.1) is 0 Å². The van der Waals surface area contributed by atoms with Gasteiger partial charge in [0.25, 0.3) is 11.2 Å². The first kappa shape index (κ1) is 36.3. The Balaban J connectivity index is 2.94. The molecule has 0 spiro atoms. The summed E-state index contributed by atoms with van der Waals surface area (Å²) in [5, 5.41) is 20.1. The number of hydrogen-bond acceptors (Lipinski definition) is 4. The summed E-state index contributed by atoms with van der Waals surface area (Å²) in [6.45, 7) is 3.30. The summed E-state index contributed by atoms with van der Waals surface area (Å²) in [7, 11) is 0. The molecule has 0 saturated heterocycles. The molecule has 6 N–H and O–H groups in total. The smallest absolute Gasteiger partial charge is 0.398 e. The molecule has 0 fully saturated rings. The minimum Gasteiger partial charge on any atom is -0.398 e. The molecule has 16 heteroatoms. The van der Waals surface area contributed by atoms with Crippen LogP contribution in [0.5, 0.6) is 0 Å². The molecule has 0 bridgehead atoms. The lowest BCUT2D eigenvalue weighted by Crippen LogP contribution is -2.54. The summed E-state index contributed by atoms with van der Waals surface area (Å²) in [6.07, 6.45) is -25.1. The lowest BCUT2D eigenvalue weighted by molar-refractivity contribution is -0.376. The van der Waals surface area contributed by atoms with Crippen LogP contribution in [0.1, 0.15) is 72.9 Å². The first-order chi connectivity index (χ1) is 19.4. The number of unbranched alkanes of at least 4 members (excludes halogenated alkanes) is 2. The van der Waals surface area contributed by atoms with E-state index in [0.29, 0.717) is 12.8 Å². The van der Waals surface area contributed by atoms with E-state index in [0.717, 1.165) is 12.1 Å². The van der Waals surface area contributed by atoms with Crippen molar-refractivity contribution in [3.63, 3.8) is 0 Å². The second-order valence-electron chi connectivity index (χ2n) is 10.2. The average Bonchev–Trinajstić information content (AvgIpc) is 2.85.